The Morgan fingerprint density at radius 3 is 2.88 bits per heavy atom. The molecule has 84 valence electrons. The second-order valence-electron chi connectivity index (χ2n) is 3.21. The van der Waals surface area contributed by atoms with Crippen LogP contribution in [0.25, 0.3) is 10.9 Å². The summed E-state index contributed by atoms with van der Waals surface area (Å²) in [5.41, 5.74) is 0.116. The van der Waals surface area contributed by atoms with Crippen LogP contribution in [0.5, 0.6) is 5.88 Å². The summed E-state index contributed by atoms with van der Waals surface area (Å²) < 4.78 is 4.35. The van der Waals surface area contributed by atoms with Crippen LogP contribution in [0.4, 0.5) is 4.79 Å². The van der Waals surface area contributed by atoms with Gasteiger partial charge in [-0.25, -0.2) is 4.79 Å². The Morgan fingerprint density at radius 2 is 2.24 bits per heavy atom. The lowest BCUT2D eigenvalue weighted by molar-refractivity contribution is 0.142. The highest BCUT2D eigenvalue weighted by atomic mass is 16.7. The quantitative estimate of drug-likeness (QED) is 0.721. The largest absolute Gasteiger partial charge is 0.512 e. The van der Waals surface area contributed by atoms with Gasteiger partial charge in [0, 0.05) is 6.07 Å². The first kappa shape index (κ1) is 10.7. The van der Waals surface area contributed by atoms with Gasteiger partial charge in [0.25, 0.3) is 0 Å². The lowest BCUT2D eigenvalue weighted by atomic mass is 10.1. The van der Waals surface area contributed by atoms with Gasteiger partial charge in [0.1, 0.15) is 0 Å². The van der Waals surface area contributed by atoms with Crippen molar-refractivity contribution in [1.29, 1.82) is 5.26 Å². The van der Waals surface area contributed by atoms with E-state index in [9.17, 15) is 9.59 Å². The van der Waals surface area contributed by atoms with Crippen molar-refractivity contribution in [3.8, 4) is 11.9 Å². The number of nitrogens with zero attached hydrogens (tertiary/aromatic N) is 1. The number of aromatic amines is 1. The topological polar surface area (TPSA) is 103 Å². The Bertz CT molecular complexity index is 697. The number of hydrogen-bond donors (Lipinski definition) is 2. The van der Waals surface area contributed by atoms with Gasteiger partial charge in [-0.2, -0.15) is 5.26 Å². The average Bonchev–Trinajstić information content (AvgIpc) is 2.27. The summed E-state index contributed by atoms with van der Waals surface area (Å²) in [7, 11) is 0. The molecule has 2 aromatic rings. The summed E-state index contributed by atoms with van der Waals surface area (Å²) in [6, 6.07) is 7.55. The van der Waals surface area contributed by atoms with Gasteiger partial charge in [-0.3, -0.25) is 4.79 Å². The molecule has 0 spiro atoms. The van der Waals surface area contributed by atoms with Crippen molar-refractivity contribution in [2.24, 2.45) is 0 Å². The molecule has 0 fully saturated rings. The van der Waals surface area contributed by atoms with Crippen molar-refractivity contribution in [2.75, 3.05) is 0 Å². The number of ether oxygens (including phenoxy) is 1. The van der Waals surface area contributed by atoms with Crippen LogP contribution in [-0.4, -0.2) is 16.2 Å². The zero-order chi connectivity index (χ0) is 12.4. The maximum Gasteiger partial charge on any atom is 0.512 e. The van der Waals surface area contributed by atoms with Gasteiger partial charge < -0.3 is 14.8 Å². The predicted molar refractivity (Wildman–Crippen MR) is 57.9 cm³/mol. The third-order valence-electron chi connectivity index (χ3n) is 2.15. The Kier molecular flexibility index (Phi) is 2.51. The van der Waals surface area contributed by atoms with Crippen LogP contribution in [0.3, 0.4) is 0 Å². The van der Waals surface area contributed by atoms with Crippen LogP contribution in [0, 0.1) is 11.3 Å². The van der Waals surface area contributed by atoms with Gasteiger partial charge in [-0.05, 0) is 12.1 Å². The molecule has 0 atom stereocenters. The molecule has 0 amide bonds. The molecule has 17 heavy (non-hydrogen) atoms. The number of fused-ring (bicyclic) bond motifs is 1. The third-order valence-corrected chi connectivity index (χ3v) is 2.15. The number of aromatic nitrogens is 1. The van der Waals surface area contributed by atoms with Gasteiger partial charge in [0.05, 0.1) is 22.5 Å². The fraction of sp³-hybridized carbons (Fsp3) is 0. The van der Waals surface area contributed by atoms with E-state index in [0.29, 0.717) is 5.52 Å². The van der Waals surface area contributed by atoms with Gasteiger partial charge in [-0.15, -0.1) is 0 Å². The van der Waals surface area contributed by atoms with Crippen molar-refractivity contribution < 1.29 is 14.6 Å². The van der Waals surface area contributed by atoms with E-state index < -0.39 is 11.6 Å². The Hall–Kier alpha value is -2.81. The number of H-pyrrole nitrogens is 1. The number of carbonyl (C=O) groups is 1. The Morgan fingerprint density at radius 1 is 1.47 bits per heavy atom. The van der Waals surface area contributed by atoms with E-state index in [1.165, 1.54) is 6.07 Å². The van der Waals surface area contributed by atoms with Gasteiger partial charge >= 0.3 is 6.16 Å². The van der Waals surface area contributed by atoms with Crippen LogP contribution in [0.2, 0.25) is 0 Å². The molecule has 1 heterocycles. The average molecular weight is 230 g/mol. The van der Waals surface area contributed by atoms with Crippen LogP contribution < -0.4 is 10.2 Å². The van der Waals surface area contributed by atoms with Crippen LogP contribution >= 0.6 is 0 Å². The molecule has 1 aromatic carbocycles. The summed E-state index contributed by atoms with van der Waals surface area (Å²) in [6.07, 6.45) is -1.52. The van der Waals surface area contributed by atoms with Crippen molar-refractivity contribution in [1.82, 2.24) is 4.98 Å². The zero-order valence-corrected chi connectivity index (χ0v) is 8.43. The molecule has 0 saturated carbocycles. The normalized spacial score (nSPS) is 9.82. The molecule has 1 aromatic heterocycles. The van der Waals surface area contributed by atoms with Gasteiger partial charge in [0.15, 0.2) is 5.43 Å². The maximum absolute atomic E-state index is 11.7. The number of rotatable bonds is 1. The second kappa shape index (κ2) is 3.98. The van der Waals surface area contributed by atoms with E-state index in [4.69, 9.17) is 10.4 Å². The van der Waals surface area contributed by atoms with Crippen LogP contribution in [0.15, 0.2) is 29.1 Å². The second-order valence-corrected chi connectivity index (χ2v) is 3.21. The Labute approximate surface area is 94.7 Å². The fourth-order valence-electron chi connectivity index (χ4n) is 1.52. The van der Waals surface area contributed by atoms with E-state index >= 15 is 0 Å². The first-order valence-electron chi connectivity index (χ1n) is 4.59. The molecule has 6 heteroatoms. The van der Waals surface area contributed by atoms with E-state index in [0.717, 1.165) is 6.07 Å². The number of hydrogen-bond acceptors (Lipinski definition) is 4. The molecule has 0 bridgehead atoms. The molecule has 0 saturated heterocycles. The smallest absolute Gasteiger partial charge is 0.449 e. The van der Waals surface area contributed by atoms with Gasteiger partial charge in [-0.1, -0.05) is 6.07 Å². The summed E-state index contributed by atoms with van der Waals surface area (Å²) in [5, 5.41) is 17.5. The summed E-state index contributed by atoms with van der Waals surface area (Å²) in [5.74, 6) is -0.176. The number of carboxylic acid groups (broad SMARTS) is 1. The molecular formula is C11H6N2O4. The van der Waals surface area contributed by atoms with Gasteiger partial charge in [0.2, 0.25) is 5.88 Å². The van der Waals surface area contributed by atoms with Crippen LogP contribution in [-0.2, 0) is 0 Å². The van der Waals surface area contributed by atoms with Crippen molar-refractivity contribution >= 4 is 17.1 Å². The predicted octanol–water partition coefficient (Wildman–Crippen LogP) is 1.46. The lowest BCUT2D eigenvalue weighted by Crippen LogP contribution is -2.10. The number of nitriles is 1. The molecule has 2 rings (SSSR count). The first-order chi connectivity index (χ1) is 8.11. The molecule has 0 aliphatic carbocycles. The molecule has 0 aliphatic heterocycles. The van der Waals surface area contributed by atoms with Crippen molar-refractivity contribution in [3.05, 3.63) is 40.1 Å². The fourth-order valence-corrected chi connectivity index (χ4v) is 1.52. The highest BCUT2D eigenvalue weighted by Crippen LogP contribution is 2.15. The van der Waals surface area contributed by atoms with Crippen molar-refractivity contribution in [3.63, 3.8) is 0 Å². The summed E-state index contributed by atoms with van der Waals surface area (Å²) in [4.78, 5) is 24.7. The standard InChI is InChI=1S/C11H6N2O4/c12-5-6-2-1-3-7-10(6)8(14)4-9(13-7)17-11(15)16/h1-4H,(H,13,14)(H,15,16). The highest BCUT2D eigenvalue weighted by molar-refractivity contribution is 5.85. The minimum absolute atomic E-state index is 0.176. The van der Waals surface area contributed by atoms with E-state index in [1.807, 2.05) is 6.07 Å². The Balaban J connectivity index is 2.73. The number of pyridine rings is 1. The minimum atomic E-state index is -1.52. The lowest BCUT2D eigenvalue weighted by Gasteiger charge is -2.03. The minimum Gasteiger partial charge on any atom is -0.449 e. The molecule has 0 aliphatic rings. The molecule has 2 N–H and O–H groups in total. The SMILES string of the molecule is N#Cc1cccc2[nH]c(OC(=O)O)cc(=O)c12. The highest BCUT2D eigenvalue weighted by Gasteiger charge is 2.09. The van der Waals surface area contributed by atoms with E-state index in [2.05, 4.69) is 9.72 Å². The summed E-state index contributed by atoms with van der Waals surface area (Å²) >= 11 is 0. The summed E-state index contributed by atoms with van der Waals surface area (Å²) in [6.45, 7) is 0. The molecular weight excluding hydrogens is 224 g/mol. The van der Waals surface area contributed by atoms with Crippen molar-refractivity contribution in [2.45, 2.75) is 0 Å². The van der Waals surface area contributed by atoms with E-state index in [1.54, 1.807) is 12.1 Å². The van der Waals surface area contributed by atoms with Crippen LogP contribution in [0.1, 0.15) is 5.56 Å². The number of benzene rings is 1. The maximum atomic E-state index is 11.7. The first-order valence-corrected chi connectivity index (χ1v) is 4.59. The van der Waals surface area contributed by atoms with E-state index in [-0.39, 0.29) is 16.8 Å². The molecule has 6 nitrogen and oxygen atoms in total. The zero-order valence-electron chi connectivity index (χ0n) is 8.43. The molecule has 0 radical (unpaired) electrons. The third kappa shape index (κ3) is 1.94. The monoisotopic (exact) mass is 230 g/mol. The molecule has 0 unspecified atom stereocenters. The number of nitrogens with one attached hydrogen (secondary N) is 1.